The molecule has 0 saturated carbocycles. The van der Waals surface area contributed by atoms with Crippen LogP contribution in [0.1, 0.15) is 64.7 Å². The van der Waals surface area contributed by atoms with Crippen LogP contribution in [0.25, 0.3) is 6.08 Å². The zero-order chi connectivity index (χ0) is 13.7. The minimum atomic E-state index is 1.20. The van der Waals surface area contributed by atoms with Crippen LogP contribution in [0.2, 0.25) is 0 Å². The van der Waals surface area contributed by atoms with Gasteiger partial charge in [-0.2, -0.15) is 0 Å². The predicted octanol–water partition coefficient (Wildman–Crippen LogP) is 6.03. The topological polar surface area (TPSA) is 0 Å². The number of benzene rings is 1. The van der Waals surface area contributed by atoms with E-state index in [0.29, 0.717) is 0 Å². The van der Waals surface area contributed by atoms with Crippen molar-refractivity contribution >= 4 is 6.08 Å². The van der Waals surface area contributed by atoms with Crippen molar-refractivity contribution < 1.29 is 0 Å². The van der Waals surface area contributed by atoms with Gasteiger partial charge in [-0.15, -0.1) is 0 Å². The van der Waals surface area contributed by atoms with Crippen LogP contribution in [0.15, 0.2) is 24.3 Å². The predicted molar refractivity (Wildman–Crippen MR) is 82.6 cm³/mol. The number of fused-ring (bicyclic) bond motifs is 1. The Hall–Kier alpha value is -1.04. The van der Waals surface area contributed by atoms with E-state index >= 15 is 0 Å². The maximum Gasteiger partial charge on any atom is -0.0227 e. The number of allylic oxidation sites excluding steroid dienone is 1. The molecule has 17 heavy (non-hydrogen) atoms. The van der Waals surface area contributed by atoms with Gasteiger partial charge in [0.2, 0.25) is 0 Å². The molecule has 1 aliphatic rings. The van der Waals surface area contributed by atoms with Crippen molar-refractivity contribution in [1.82, 2.24) is 0 Å². The molecule has 0 unspecified atom stereocenters. The molecule has 0 saturated heterocycles. The summed E-state index contributed by atoms with van der Waals surface area (Å²) in [6, 6.07) is 6.67. The number of hydrogen-bond acceptors (Lipinski definition) is 0. The van der Waals surface area contributed by atoms with E-state index in [0.717, 1.165) is 0 Å². The van der Waals surface area contributed by atoms with Gasteiger partial charge in [0.1, 0.15) is 0 Å². The quantitative estimate of drug-likeness (QED) is 0.514. The lowest BCUT2D eigenvalue weighted by atomic mass is 9.96. The molecular formula is C17H30. The number of aryl methyl sites for hydroxylation is 2. The van der Waals surface area contributed by atoms with E-state index in [9.17, 15) is 0 Å². The van der Waals surface area contributed by atoms with Crippen molar-refractivity contribution in [3.8, 4) is 0 Å². The molecule has 0 heterocycles. The van der Waals surface area contributed by atoms with Crippen LogP contribution in [-0.4, -0.2) is 0 Å². The molecule has 0 atom stereocenters. The molecule has 1 aromatic rings. The molecular weight excluding hydrogens is 204 g/mol. The molecule has 0 bridgehead atoms. The van der Waals surface area contributed by atoms with Gasteiger partial charge in [0.05, 0.1) is 0 Å². The smallest absolute Gasteiger partial charge is 0.0227 e. The Morgan fingerprint density at radius 2 is 1.47 bits per heavy atom. The highest BCUT2D eigenvalue weighted by Gasteiger charge is 2.02. The molecule has 0 spiro atoms. The number of rotatable bonds is 0. The molecule has 0 heteroatoms. The third kappa shape index (κ3) is 6.99. The van der Waals surface area contributed by atoms with E-state index in [2.05, 4.69) is 37.3 Å². The lowest BCUT2D eigenvalue weighted by molar-refractivity contribution is 0.982. The molecule has 0 radical (unpaired) electrons. The first-order valence-corrected chi connectivity index (χ1v) is 7.12. The lowest BCUT2D eigenvalue weighted by Crippen LogP contribution is -1.93. The van der Waals surface area contributed by atoms with E-state index in [1.807, 2.05) is 41.5 Å². The third-order valence-corrected chi connectivity index (χ3v) is 2.18. The summed E-state index contributed by atoms with van der Waals surface area (Å²) in [4.78, 5) is 0. The van der Waals surface area contributed by atoms with E-state index in [1.54, 1.807) is 0 Å². The molecule has 0 aromatic heterocycles. The Bertz CT molecular complexity index is 295. The minimum Gasteiger partial charge on any atom is -0.0836 e. The SMILES string of the molecule is CC.CC.CC.Cc1ccc2c(c1)CCC=C2. The van der Waals surface area contributed by atoms with Gasteiger partial charge in [-0.25, -0.2) is 0 Å². The van der Waals surface area contributed by atoms with Gasteiger partial charge in [-0.3, -0.25) is 0 Å². The molecule has 0 N–H and O–H groups in total. The minimum absolute atomic E-state index is 1.20. The maximum atomic E-state index is 2.29. The average molecular weight is 234 g/mol. The Kier molecular flexibility index (Phi) is 14.0. The Morgan fingerprint density at radius 3 is 2.06 bits per heavy atom. The molecule has 1 aliphatic carbocycles. The normalized spacial score (nSPS) is 10.5. The third-order valence-electron chi connectivity index (χ3n) is 2.18. The molecule has 2 rings (SSSR count). The highest BCUT2D eigenvalue weighted by atomic mass is 14.1. The van der Waals surface area contributed by atoms with Crippen LogP contribution in [0, 0.1) is 6.92 Å². The largest absolute Gasteiger partial charge is 0.0836 e. The van der Waals surface area contributed by atoms with Crippen molar-refractivity contribution in [2.24, 2.45) is 0 Å². The lowest BCUT2D eigenvalue weighted by Gasteiger charge is -2.09. The second-order valence-electron chi connectivity index (χ2n) is 3.14. The van der Waals surface area contributed by atoms with Crippen LogP contribution < -0.4 is 0 Å². The molecule has 1 aromatic carbocycles. The maximum absolute atomic E-state index is 2.29. The molecule has 0 aliphatic heterocycles. The summed E-state index contributed by atoms with van der Waals surface area (Å²) in [6.07, 6.45) is 6.89. The first-order chi connectivity index (χ1) is 8.36. The summed E-state index contributed by atoms with van der Waals surface area (Å²) in [6.45, 7) is 14.2. The fraction of sp³-hybridized carbons (Fsp3) is 0.529. The van der Waals surface area contributed by atoms with Crippen molar-refractivity contribution in [2.75, 3.05) is 0 Å². The zero-order valence-electron chi connectivity index (χ0n) is 12.8. The second-order valence-corrected chi connectivity index (χ2v) is 3.14. The fourth-order valence-corrected chi connectivity index (χ4v) is 1.56. The standard InChI is InChI=1S/C11H12.3C2H6/c1-9-6-7-10-4-2-3-5-11(10)8-9;3*1-2/h2,4,6-8H,3,5H2,1H3;3*1-2H3. The molecule has 0 amide bonds. The summed E-state index contributed by atoms with van der Waals surface area (Å²) < 4.78 is 0. The summed E-state index contributed by atoms with van der Waals surface area (Å²) >= 11 is 0. The molecule has 0 fully saturated rings. The van der Waals surface area contributed by atoms with E-state index in [1.165, 1.54) is 29.5 Å². The van der Waals surface area contributed by atoms with Crippen LogP contribution in [0.3, 0.4) is 0 Å². The monoisotopic (exact) mass is 234 g/mol. The summed E-state index contributed by atoms with van der Waals surface area (Å²) in [7, 11) is 0. The number of hydrogen-bond donors (Lipinski definition) is 0. The van der Waals surface area contributed by atoms with Gasteiger partial charge < -0.3 is 0 Å². The van der Waals surface area contributed by atoms with Gasteiger partial charge in [0.15, 0.2) is 0 Å². The Labute approximate surface area is 109 Å². The summed E-state index contributed by atoms with van der Waals surface area (Å²) in [5.74, 6) is 0. The summed E-state index contributed by atoms with van der Waals surface area (Å²) in [5.41, 5.74) is 4.29. The van der Waals surface area contributed by atoms with Crippen molar-refractivity contribution in [3.63, 3.8) is 0 Å². The van der Waals surface area contributed by atoms with Crippen LogP contribution in [0.4, 0.5) is 0 Å². The highest BCUT2D eigenvalue weighted by molar-refractivity contribution is 5.56. The zero-order valence-corrected chi connectivity index (χ0v) is 12.8. The van der Waals surface area contributed by atoms with Gasteiger partial charge in [-0.1, -0.05) is 77.5 Å². The van der Waals surface area contributed by atoms with Crippen LogP contribution in [0.5, 0.6) is 0 Å². The average Bonchev–Trinajstić information content (AvgIpc) is 2.45. The molecule has 0 nitrogen and oxygen atoms in total. The van der Waals surface area contributed by atoms with Gasteiger partial charge in [-0.05, 0) is 30.9 Å². The molecule has 98 valence electrons. The van der Waals surface area contributed by atoms with Gasteiger partial charge in [0.25, 0.3) is 0 Å². The fourth-order valence-electron chi connectivity index (χ4n) is 1.56. The van der Waals surface area contributed by atoms with Crippen molar-refractivity contribution in [1.29, 1.82) is 0 Å². The first kappa shape index (κ1) is 18.3. The van der Waals surface area contributed by atoms with E-state index in [4.69, 9.17) is 0 Å². The second kappa shape index (κ2) is 13.0. The van der Waals surface area contributed by atoms with Gasteiger partial charge >= 0.3 is 0 Å². The highest BCUT2D eigenvalue weighted by Crippen LogP contribution is 2.19. The van der Waals surface area contributed by atoms with Crippen molar-refractivity contribution in [3.05, 3.63) is 41.0 Å². The van der Waals surface area contributed by atoms with E-state index in [-0.39, 0.29) is 0 Å². The van der Waals surface area contributed by atoms with Crippen LogP contribution in [-0.2, 0) is 6.42 Å². The van der Waals surface area contributed by atoms with Gasteiger partial charge in [0, 0.05) is 0 Å². The summed E-state index contributed by atoms with van der Waals surface area (Å²) in [5, 5.41) is 0. The van der Waals surface area contributed by atoms with Crippen LogP contribution >= 0.6 is 0 Å². The Balaban J connectivity index is 0. The first-order valence-electron chi connectivity index (χ1n) is 7.12. The van der Waals surface area contributed by atoms with E-state index < -0.39 is 0 Å². The Morgan fingerprint density at radius 1 is 0.882 bits per heavy atom. The van der Waals surface area contributed by atoms with Crippen molar-refractivity contribution in [2.45, 2.75) is 61.3 Å².